The van der Waals surface area contributed by atoms with Crippen LogP contribution in [0.25, 0.3) is 0 Å². The molecule has 0 aromatic rings. The van der Waals surface area contributed by atoms with Crippen molar-refractivity contribution in [3.05, 3.63) is 0 Å². The average molecular weight is 328 g/mol. The third kappa shape index (κ3) is 9.85. The van der Waals surface area contributed by atoms with Crippen LogP contribution < -0.4 is 0 Å². The molecule has 0 fully saturated rings. The van der Waals surface area contributed by atoms with E-state index in [1.165, 1.54) is 11.4 Å². The van der Waals surface area contributed by atoms with E-state index in [1.54, 1.807) is 6.92 Å². The first-order valence-corrected chi connectivity index (χ1v) is 10.7. The minimum Gasteiger partial charge on any atom is -0.481 e. The van der Waals surface area contributed by atoms with Crippen molar-refractivity contribution in [3.8, 4) is 0 Å². The predicted octanol–water partition coefficient (Wildman–Crippen LogP) is 4.01. The standard InChI is InChI=1S/C12H25O4PS2/c1-9(2)6-15-17(18,16-7-10(3)4)19-8-11(5)12(13)14/h9-11H,6-8H2,1-5H3,(H,13,14). The van der Waals surface area contributed by atoms with E-state index in [9.17, 15) is 4.79 Å². The van der Waals surface area contributed by atoms with Crippen LogP contribution in [0, 0.1) is 17.8 Å². The van der Waals surface area contributed by atoms with Crippen LogP contribution in [0.3, 0.4) is 0 Å². The summed E-state index contributed by atoms with van der Waals surface area (Å²) in [5, 5.41) is 8.90. The van der Waals surface area contributed by atoms with Crippen molar-refractivity contribution in [2.45, 2.75) is 34.6 Å². The molecule has 0 saturated carbocycles. The van der Waals surface area contributed by atoms with E-state index in [4.69, 9.17) is 26.0 Å². The zero-order chi connectivity index (χ0) is 15.1. The van der Waals surface area contributed by atoms with Crippen LogP contribution in [0.15, 0.2) is 0 Å². The topological polar surface area (TPSA) is 55.8 Å². The molecule has 0 amide bonds. The van der Waals surface area contributed by atoms with Gasteiger partial charge >= 0.3 is 5.97 Å². The van der Waals surface area contributed by atoms with Gasteiger partial charge in [-0.1, -0.05) is 46.0 Å². The number of hydrogen-bond donors (Lipinski definition) is 1. The van der Waals surface area contributed by atoms with Crippen molar-refractivity contribution < 1.29 is 18.9 Å². The molecule has 4 nitrogen and oxygen atoms in total. The Hall–Kier alpha value is 0.390. The van der Waals surface area contributed by atoms with E-state index >= 15 is 0 Å². The largest absolute Gasteiger partial charge is 0.481 e. The first-order chi connectivity index (χ1) is 8.66. The minimum atomic E-state index is -2.43. The van der Waals surface area contributed by atoms with Gasteiger partial charge in [0.15, 0.2) is 0 Å². The van der Waals surface area contributed by atoms with E-state index in [-0.39, 0.29) is 0 Å². The van der Waals surface area contributed by atoms with Gasteiger partial charge in [0.25, 0.3) is 0 Å². The molecule has 0 heterocycles. The fourth-order valence-electron chi connectivity index (χ4n) is 0.867. The predicted molar refractivity (Wildman–Crippen MR) is 85.1 cm³/mol. The molecule has 0 rings (SSSR count). The van der Waals surface area contributed by atoms with Gasteiger partial charge < -0.3 is 14.2 Å². The van der Waals surface area contributed by atoms with Crippen LogP contribution in [0.5, 0.6) is 0 Å². The number of carboxylic acid groups (broad SMARTS) is 1. The van der Waals surface area contributed by atoms with Crippen LogP contribution in [-0.4, -0.2) is 30.0 Å². The molecular formula is C12H25O4PS2. The SMILES string of the molecule is CC(C)COP(=S)(OCC(C)C)SCC(C)C(=O)O. The lowest BCUT2D eigenvalue weighted by Gasteiger charge is -2.24. The van der Waals surface area contributed by atoms with E-state index in [2.05, 4.69) is 0 Å². The molecule has 0 aliphatic carbocycles. The normalized spacial score (nSPS) is 14.1. The molecule has 7 heteroatoms. The highest BCUT2D eigenvalue weighted by Gasteiger charge is 2.24. The maximum absolute atomic E-state index is 10.8. The van der Waals surface area contributed by atoms with Crippen molar-refractivity contribution in [1.82, 2.24) is 0 Å². The van der Waals surface area contributed by atoms with Crippen LogP contribution in [0.4, 0.5) is 0 Å². The van der Waals surface area contributed by atoms with Gasteiger partial charge in [0.2, 0.25) is 5.69 Å². The highest BCUT2D eigenvalue weighted by Crippen LogP contribution is 2.61. The van der Waals surface area contributed by atoms with Gasteiger partial charge in [0.1, 0.15) is 0 Å². The van der Waals surface area contributed by atoms with E-state index in [1.807, 2.05) is 27.7 Å². The number of aliphatic carboxylic acids is 1. The minimum absolute atomic E-state index is 0.377. The summed E-state index contributed by atoms with van der Waals surface area (Å²) in [7, 11) is 0. The van der Waals surface area contributed by atoms with Gasteiger partial charge in [-0.3, -0.25) is 4.79 Å². The maximum Gasteiger partial charge on any atom is 0.307 e. The first kappa shape index (κ1) is 19.4. The Morgan fingerprint density at radius 1 is 1.16 bits per heavy atom. The molecular weight excluding hydrogens is 303 g/mol. The lowest BCUT2D eigenvalue weighted by atomic mass is 10.2. The molecule has 1 unspecified atom stereocenters. The second-order valence-electron chi connectivity index (χ2n) is 5.36. The molecule has 0 aliphatic heterocycles. The fourth-order valence-corrected chi connectivity index (χ4v) is 5.54. The summed E-state index contributed by atoms with van der Waals surface area (Å²) in [6.45, 7) is 11.0. The summed E-state index contributed by atoms with van der Waals surface area (Å²) >= 11 is 6.83. The van der Waals surface area contributed by atoms with E-state index in [0.717, 1.165) is 0 Å². The van der Waals surface area contributed by atoms with Crippen molar-refractivity contribution in [2.24, 2.45) is 17.8 Å². The van der Waals surface area contributed by atoms with Gasteiger partial charge in [-0.15, -0.1) is 0 Å². The quantitative estimate of drug-likeness (QED) is 0.612. The molecule has 0 spiro atoms. The van der Waals surface area contributed by atoms with Gasteiger partial charge in [0, 0.05) is 5.75 Å². The number of carboxylic acids is 1. The Morgan fingerprint density at radius 3 is 1.89 bits per heavy atom. The Labute approximate surface area is 125 Å². The van der Waals surface area contributed by atoms with E-state index in [0.29, 0.717) is 30.8 Å². The molecule has 0 radical (unpaired) electrons. The summed E-state index contributed by atoms with van der Waals surface area (Å²) in [5.41, 5.74) is -2.43. The number of rotatable bonds is 10. The second kappa shape index (κ2) is 9.35. The molecule has 0 saturated heterocycles. The number of hydrogen-bond acceptors (Lipinski definition) is 5. The Bertz CT molecular complexity index is 305. The third-order valence-corrected chi connectivity index (χ3v) is 7.54. The summed E-state index contributed by atoms with van der Waals surface area (Å²) in [5.74, 6) is -0.0904. The van der Waals surface area contributed by atoms with E-state index < -0.39 is 17.6 Å². The Balaban J connectivity index is 4.47. The summed E-state index contributed by atoms with van der Waals surface area (Å²) in [6, 6.07) is 0. The molecule has 0 aromatic heterocycles. The zero-order valence-electron chi connectivity index (χ0n) is 12.3. The lowest BCUT2D eigenvalue weighted by molar-refractivity contribution is -0.140. The van der Waals surface area contributed by atoms with Gasteiger partial charge in [-0.2, -0.15) is 0 Å². The van der Waals surface area contributed by atoms with Gasteiger partial charge in [0.05, 0.1) is 19.1 Å². The summed E-state index contributed by atoms with van der Waals surface area (Å²) in [4.78, 5) is 10.8. The summed E-state index contributed by atoms with van der Waals surface area (Å²) in [6.07, 6.45) is 0. The number of carbonyl (C=O) groups is 1. The molecule has 0 bridgehead atoms. The smallest absolute Gasteiger partial charge is 0.307 e. The van der Waals surface area contributed by atoms with Crippen molar-refractivity contribution in [2.75, 3.05) is 19.0 Å². The zero-order valence-corrected chi connectivity index (χ0v) is 14.8. The summed E-state index contributed by atoms with van der Waals surface area (Å²) < 4.78 is 11.5. The Kier molecular flexibility index (Phi) is 9.54. The second-order valence-corrected chi connectivity index (χ2v) is 11.7. The molecule has 1 atom stereocenters. The van der Waals surface area contributed by atoms with Crippen LogP contribution in [0.1, 0.15) is 34.6 Å². The maximum atomic E-state index is 10.8. The lowest BCUT2D eigenvalue weighted by Crippen LogP contribution is -2.12. The van der Waals surface area contributed by atoms with Gasteiger partial charge in [-0.05, 0) is 23.6 Å². The third-order valence-electron chi connectivity index (χ3n) is 2.04. The van der Waals surface area contributed by atoms with Crippen LogP contribution >= 0.6 is 17.1 Å². The van der Waals surface area contributed by atoms with Crippen LogP contribution in [-0.2, 0) is 25.6 Å². The molecule has 0 aliphatic rings. The Morgan fingerprint density at radius 2 is 1.58 bits per heavy atom. The monoisotopic (exact) mass is 328 g/mol. The van der Waals surface area contributed by atoms with Gasteiger partial charge in [-0.25, -0.2) is 0 Å². The van der Waals surface area contributed by atoms with Crippen molar-refractivity contribution in [1.29, 1.82) is 0 Å². The molecule has 19 heavy (non-hydrogen) atoms. The average Bonchev–Trinajstić information content (AvgIpc) is 2.31. The van der Waals surface area contributed by atoms with Crippen molar-refractivity contribution in [3.63, 3.8) is 0 Å². The highest BCUT2D eigenvalue weighted by molar-refractivity contribution is 8.67. The molecule has 0 aromatic carbocycles. The highest BCUT2D eigenvalue weighted by atomic mass is 32.9. The van der Waals surface area contributed by atoms with Crippen LogP contribution in [0.2, 0.25) is 0 Å². The first-order valence-electron chi connectivity index (χ1n) is 6.42. The van der Waals surface area contributed by atoms with Crippen molar-refractivity contribution >= 4 is 34.9 Å². The molecule has 1 N–H and O–H groups in total. The fraction of sp³-hybridized carbons (Fsp3) is 0.917. The molecule has 114 valence electrons.